The van der Waals surface area contributed by atoms with E-state index in [1.54, 1.807) is 12.3 Å². The van der Waals surface area contributed by atoms with Crippen LogP contribution >= 0.6 is 0 Å². The van der Waals surface area contributed by atoms with Gasteiger partial charge in [-0.3, -0.25) is 4.79 Å². The molecule has 20 heavy (non-hydrogen) atoms. The monoisotopic (exact) mass is 272 g/mol. The van der Waals surface area contributed by atoms with Gasteiger partial charge >= 0.3 is 0 Å². The third-order valence-electron chi connectivity index (χ3n) is 3.99. The highest BCUT2D eigenvalue weighted by Gasteiger charge is 2.24. The number of fused-ring (bicyclic) bond motifs is 1. The van der Waals surface area contributed by atoms with Crippen molar-refractivity contribution in [2.45, 2.75) is 44.7 Å². The molecule has 2 aromatic rings. The normalized spacial score (nSPS) is 19.6. The average molecular weight is 272 g/mol. The second kappa shape index (κ2) is 5.63. The zero-order chi connectivity index (χ0) is 13.9. The Labute approximate surface area is 117 Å². The van der Waals surface area contributed by atoms with Gasteiger partial charge in [-0.05, 0) is 31.2 Å². The van der Waals surface area contributed by atoms with Crippen LogP contribution < -0.4 is 10.9 Å². The van der Waals surface area contributed by atoms with Crippen LogP contribution in [0.25, 0.3) is 0 Å². The van der Waals surface area contributed by atoms with Crippen LogP contribution in [-0.2, 0) is 6.42 Å². The molecule has 3 N–H and O–H groups in total. The second-order valence-corrected chi connectivity index (χ2v) is 5.30. The van der Waals surface area contributed by atoms with Gasteiger partial charge in [-0.2, -0.15) is 0 Å². The molecule has 0 spiro atoms. The maximum Gasteiger partial charge on any atom is 0.248 e. The van der Waals surface area contributed by atoms with Gasteiger partial charge in [0.25, 0.3) is 0 Å². The van der Waals surface area contributed by atoms with E-state index in [2.05, 4.69) is 27.2 Å². The summed E-state index contributed by atoms with van der Waals surface area (Å²) in [7, 11) is 0. The Bertz CT molecular complexity index is 617. The molecule has 1 aliphatic carbocycles. The molecule has 2 aromatic heterocycles. The summed E-state index contributed by atoms with van der Waals surface area (Å²) in [6.07, 6.45) is 7.76. The van der Waals surface area contributed by atoms with Gasteiger partial charge in [-0.25, -0.2) is 4.98 Å². The smallest absolute Gasteiger partial charge is 0.248 e. The summed E-state index contributed by atoms with van der Waals surface area (Å²) < 4.78 is 0. The van der Waals surface area contributed by atoms with E-state index in [1.165, 1.54) is 5.56 Å². The van der Waals surface area contributed by atoms with E-state index in [9.17, 15) is 4.79 Å². The predicted molar refractivity (Wildman–Crippen MR) is 77.5 cm³/mol. The number of hydrogen-bond donors (Lipinski definition) is 3. The van der Waals surface area contributed by atoms with Crippen LogP contribution in [-0.4, -0.2) is 15.0 Å². The minimum atomic E-state index is -0.0116. The topological polar surface area (TPSA) is 73.6 Å². The van der Waals surface area contributed by atoms with Crippen LogP contribution in [0, 0.1) is 0 Å². The van der Waals surface area contributed by atoms with Crippen molar-refractivity contribution in [3.05, 3.63) is 52.0 Å². The van der Waals surface area contributed by atoms with Crippen LogP contribution in [0.4, 0.5) is 0 Å². The molecule has 0 aromatic carbocycles. The number of imidazole rings is 1. The van der Waals surface area contributed by atoms with Crippen molar-refractivity contribution in [3.63, 3.8) is 0 Å². The molecule has 2 unspecified atom stereocenters. The van der Waals surface area contributed by atoms with Crippen molar-refractivity contribution in [1.82, 2.24) is 20.3 Å². The minimum Gasteiger partial charge on any atom is -0.347 e. The Kier molecular flexibility index (Phi) is 3.69. The van der Waals surface area contributed by atoms with Crippen molar-refractivity contribution in [2.24, 2.45) is 0 Å². The molecular weight excluding hydrogens is 252 g/mol. The predicted octanol–water partition coefficient (Wildman–Crippen LogP) is 2.22. The summed E-state index contributed by atoms with van der Waals surface area (Å²) in [6.45, 7) is 2.15. The van der Waals surface area contributed by atoms with Crippen LogP contribution in [0.3, 0.4) is 0 Å². The molecule has 0 amide bonds. The van der Waals surface area contributed by atoms with E-state index in [4.69, 9.17) is 0 Å². The van der Waals surface area contributed by atoms with Crippen LogP contribution in [0.5, 0.6) is 0 Å². The highest BCUT2D eigenvalue weighted by molar-refractivity contribution is 5.26. The summed E-state index contributed by atoms with van der Waals surface area (Å²) in [5.41, 5.74) is 2.29. The van der Waals surface area contributed by atoms with Crippen molar-refractivity contribution in [1.29, 1.82) is 0 Å². The molecule has 1 aliphatic rings. The number of pyridine rings is 1. The number of aromatic amines is 2. The molecule has 2 heterocycles. The first-order chi connectivity index (χ1) is 9.78. The fourth-order valence-electron chi connectivity index (χ4n) is 2.97. The highest BCUT2D eigenvalue weighted by atomic mass is 16.1. The van der Waals surface area contributed by atoms with E-state index in [0.29, 0.717) is 0 Å². The summed E-state index contributed by atoms with van der Waals surface area (Å²) in [5, 5.41) is 3.67. The molecule has 2 atom stereocenters. The molecule has 5 nitrogen and oxygen atoms in total. The van der Waals surface area contributed by atoms with Gasteiger partial charge in [0.15, 0.2) is 0 Å². The Hall–Kier alpha value is -1.88. The lowest BCUT2D eigenvalue weighted by atomic mass is 9.90. The zero-order valence-electron chi connectivity index (χ0n) is 11.6. The maximum atomic E-state index is 11.4. The Morgan fingerprint density at radius 2 is 2.40 bits per heavy atom. The molecule has 0 bridgehead atoms. The Morgan fingerprint density at radius 1 is 1.50 bits per heavy atom. The molecule has 0 saturated heterocycles. The van der Waals surface area contributed by atoms with Gasteiger partial charge in [-0.15, -0.1) is 0 Å². The van der Waals surface area contributed by atoms with E-state index < -0.39 is 0 Å². The standard InChI is InChI=1S/C15H20N4O/c1-2-11(15-16-8-9-17-15)18-12-4-3-5-13-10(12)6-7-14(20)19-13/h6-9,11-12,18H,2-5H2,1H3,(H,16,17)(H,19,20). The van der Waals surface area contributed by atoms with Gasteiger partial charge in [0, 0.05) is 30.2 Å². The summed E-state index contributed by atoms with van der Waals surface area (Å²) in [6, 6.07) is 4.07. The average Bonchev–Trinajstić information content (AvgIpc) is 2.98. The SMILES string of the molecule is CCC(NC1CCCc2[nH]c(=O)ccc21)c1ncc[nH]1. The quantitative estimate of drug-likeness (QED) is 0.799. The van der Waals surface area contributed by atoms with E-state index in [-0.39, 0.29) is 17.6 Å². The van der Waals surface area contributed by atoms with Crippen LogP contribution in [0.2, 0.25) is 0 Å². The summed E-state index contributed by atoms with van der Waals surface area (Å²) in [5.74, 6) is 0.976. The molecule has 0 fully saturated rings. The van der Waals surface area contributed by atoms with E-state index >= 15 is 0 Å². The summed E-state index contributed by atoms with van der Waals surface area (Å²) in [4.78, 5) is 21.9. The molecular formula is C15H20N4O. The first-order valence-electron chi connectivity index (χ1n) is 7.25. The Morgan fingerprint density at radius 3 is 3.15 bits per heavy atom. The third kappa shape index (κ3) is 2.54. The highest BCUT2D eigenvalue weighted by Crippen LogP contribution is 2.30. The molecule has 0 radical (unpaired) electrons. The number of rotatable bonds is 4. The van der Waals surface area contributed by atoms with Gasteiger partial charge in [-0.1, -0.05) is 13.0 Å². The first kappa shape index (κ1) is 13.1. The maximum absolute atomic E-state index is 11.4. The lowest BCUT2D eigenvalue weighted by molar-refractivity contribution is 0.381. The fourth-order valence-corrected chi connectivity index (χ4v) is 2.97. The molecule has 106 valence electrons. The minimum absolute atomic E-state index is 0.0116. The number of H-pyrrole nitrogens is 2. The molecule has 5 heteroatoms. The number of hydrogen-bond acceptors (Lipinski definition) is 3. The largest absolute Gasteiger partial charge is 0.347 e. The Balaban J connectivity index is 1.84. The van der Waals surface area contributed by atoms with Gasteiger partial charge in [0.1, 0.15) is 5.82 Å². The number of nitrogens with zero attached hydrogens (tertiary/aromatic N) is 1. The first-order valence-corrected chi connectivity index (χ1v) is 7.25. The van der Waals surface area contributed by atoms with Gasteiger partial charge in [0.05, 0.1) is 6.04 Å². The lowest BCUT2D eigenvalue weighted by Crippen LogP contribution is -2.31. The van der Waals surface area contributed by atoms with Gasteiger partial charge < -0.3 is 15.3 Å². The molecule has 0 saturated carbocycles. The lowest BCUT2D eigenvalue weighted by Gasteiger charge is -2.29. The van der Waals surface area contributed by atoms with Crippen LogP contribution in [0.15, 0.2) is 29.3 Å². The number of aromatic nitrogens is 3. The van der Waals surface area contributed by atoms with Crippen molar-refractivity contribution in [2.75, 3.05) is 0 Å². The second-order valence-electron chi connectivity index (χ2n) is 5.30. The van der Waals surface area contributed by atoms with Crippen molar-refractivity contribution < 1.29 is 0 Å². The molecule has 3 rings (SSSR count). The van der Waals surface area contributed by atoms with E-state index in [0.717, 1.165) is 37.2 Å². The van der Waals surface area contributed by atoms with Gasteiger partial charge in [0.2, 0.25) is 5.56 Å². The summed E-state index contributed by atoms with van der Waals surface area (Å²) >= 11 is 0. The third-order valence-corrected chi connectivity index (χ3v) is 3.99. The van der Waals surface area contributed by atoms with Crippen molar-refractivity contribution in [3.8, 4) is 0 Å². The van der Waals surface area contributed by atoms with E-state index in [1.807, 2.05) is 12.3 Å². The fraction of sp³-hybridized carbons (Fsp3) is 0.467. The number of aryl methyl sites for hydroxylation is 1. The number of nitrogens with one attached hydrogen (secondary N) is 3. The van der Waals surface area contributed by atoms with Crippen molar-refractivity contribution >= 4 is 0 Å². The molecule has 0 aliphatic heterocycles. The van der Waals surface area contributed by atoms with Crippen LogP contribution in [0.1, 0.15) is 55.4 Å². The zero-order valence-corrected chi connectivity index (χ0v) is 11.6.